The third kappa shape index (κ3) is 7.03. The van der Waals surface area contributed by atoms with Crippen LogP contribution in [0.2, 0.25) is 0 Å². The second-order valence-corrected chi connectivity index (χ2v) is 7.16. The second-order valence-electron chi connectivity index (χ2n) is 7.16. The number of ether oxygens (including phenoxy) is 4. The molecule has 7 nitrogen and oxygen atoms in total. The molecule has 32 heavy (non-hydrogen) atoms. The zero-order valence-corrected chi connectivity index (χ0v) is 18.2. The number of benzene rings is 2. The van der Waals surface area contributed by atoms with Gasteiger partial charge in [0.25, 0.3) is 5.91 Å². The van der Waals surface area contributed by atoms with Gasteiger partial charge in [-0.3, -0.25) is 4.79 Å². The lowest BCUT2D eigenvalue weighted by molar-refractivity contribution is -0.117. The van der Waals surface area contributed by atoms with E-state index in [1.165, 1.54) is 6.08 Å². The quantitative estimate of drug-likeness (QED) is 0.328. The molecule has 2 aromatic carbocycles. The summed E-state index contributed by atoms with van der Waals surface area (Å²) in [6.45, 7) is 4.19. The van der Waals surface area contributed by atoms with Crippen molar-refractivity contribution in [3.05, 3.63) is 59.7 Å². The number of rotatable bonds is 11. The molecular formula is C25H28N2O5. The van der Waals surface area contributed by atoms with Crippen molar-refractivity contribution in [1.29, 1.82) is 5.26 Å². The van der Waals surface area contributed by atoms with Gasteiger partial charge in [-0.05, 0) is 55.7 Å². The molecule has 1 unspecified atom stereocenters. The Morgan fingerprint density at radius 2 is 1.97 bits per heavy atom. The molecule has 1 saturated heterocycles. The van der Waals surface area contributed by atoms with E-state index >= 15 is 0 Å². The summed E-state index contributed by atoms with van der Waals surface area (Å²) in [5.41, 5.74) is 0.695. The number of amides is 1. The number of hydrogen-bond donors (Lipinski definition) is 1. The average molecular weight is 437 g/mol. The molecule has 1 heterocycles. The van der Waals surface area contributed by atoms with Crippen LogP contribution in [-0.4, -0.2) is 45.0 Å². The number of nitrogens with zero attached hydrogens (tertiary/aromatic N) is 1. The van der Waals surface area contributed by atoms with E-state index in [2.05, 4.69) is 5.32 Å². The molecule has 1 fully saturated rings. The number of para-hydroxylation sites is 1. The Kier molecular flexibility index (Phi) is 8.96. The van der Waals surface area contributed by atoms with E-state index in [-0.39, 0.29) is 11.7 Å². The van der Waals surface area contributed by atoms with Crippen LogP contribution in [0.1, 0.15) is 25.3 Å². The van der Waals surface area contributed by atoms with E-state index in [4.69, 9.17) is 18.9 Å². The molecular weight excluding hydrogens is 408 g/mol. The lowest BCUT2D eigenvalue weighted by atomic mass is 10.1. The van der Waals surface area contributed by atoms with Crippen LogP contribution in [0.5, 0.6) is 17.2 Å². The van der Waals surface area contributed by atoms with Gasteiger partial charge in [0.1, 0.15) is 30.6 Å². The van der Waals surface area contributed by atoms with Crippen LogP contribution >= 0.6 is 0 Å². The number of nitrogens with one attached hydrogen (secondary N) is 1. The minimum absolute atomic E-state index is 0.0192. The topological polar surface area (TPSA) is 89.8 Å². The summed E-state index contributed by atoms with van der Waals surface area (Å²) in [6, 6.07) is 16.8. The second kappa shape index (κ2) is 12.4. The van der Waals surface area contributed by atoms with Gasteiger partial charge in [0.15, 0.2) is 11.5 Å². The van der Waals surface area contributed by atoms with Crippen molar-refractivity contribution >= 4 is 12.0 Å². The summed E-state index contributed by atoms with van der Waals surface area (Å²) in [6.07, 6.45) is 3.47. The van der Waals surface area contributed by atoms with Gasteiger partial charge in [-0.2, -0.15) is 5.26 Å². The Labute approximate surface area is 188 Å². The fourth-order valence-electron chi connectivity index (χ4n) is 3.25. The zero-order chi connectivity index (χ0) is 22.6. The van der Waals surface area contributed by atoms with Gasteiger partial charge in [0.2, 0.25) is 0 Å². The standard InChI is InChI=1S/C25H28N2O5/c1-2-29-24-16-19(15-20(17-26)25(28)27-18-22-9-6-12-30-22)10-11-23(24)32-14-13-31-21-7-4-3-5-8-21/h3-5,7-8,10-11,15-16,22H,2,6,9,12-14,18H2,1H3,(H,27,28). The van der Waals surface area contributed by atoms with Gasteiger partial charge in [-0.1, -0.05) is 24.3 Å². The van der Waals surface area contributed by atoms with Crippen LogP contribution in [0.15, 0.2) is 54.1 Å². The van der Waals surface area contributed by atoms with Gasteiger partial charge in [0.05, 0.1) is 12.7 Å². The van der Waals surface area contributed by atoms with Gasteiger partial charge in [-0.15, -0.1) is 0 Å². The van der Waals surface area contributed by atoms with Crippen molar-refractivity contribution in [3.8, 4) is 23.3 Å². The molecule has 0 aromatic heterocycles. The van der Waals surface area contributed by atoms with E-state index in [0.717, 1.165) is 18.6 Å². The van der Waals surface area contributed by atoms with Crippen molar-refractivity contribution < 1.29 is 23.7 Å². The third-order valence-corrected chi connectivity index (χ3v) is 4.81. The monoisotopic (exact) mass is 436 g/mol. The van der Waals surface area contributed by atoms with Crippen molar-refractivity contribution in [3.63, 3.8) is 0 Å². The molecule has 0 aliphatic carbocycles. The summed E-state index contributed by atoms with van der Waals surface area (Å²) in [5.74, 6) is 1.47. The molecule has 1 N–H and O–H groups in total. The molecule has 0 radical (unpaired) electrons. The van der Waals surface area contributed by atoms with Crippen LogP contribution in [0.4, 0.5) is 0 Å². The van der Waals surface area contributed by atoms with Gasteiger partial charge in [-0.25, -0.2) is 0 Å². The van der Waals surface area contributed by atoms with Crippen LogP contribution in [0.3, 0.4) is 0 Å². The summed E-state index contributed by atoms with van der Waals surface area (Å²) in [5, 5.41) is 12.2. The summed E-state index contributed by atoms with van der Waals surface area (Å²) < 4.78 is 22.6. The van der Waals surface area contributed by atoms with Crippen molar-refractivity contribution in [2.45, 2.75) is 25.9 Å². The molecule has 0 bridgehead atoms. The van der Waals surface area contributed by atoms with Crippen molar-refractivity contribution in [2.24, 2.45) is 0 Å². The minimum Gasteiger partial charge on any atom is -0.490 e. The lowest BCUT2D eigenvalue weighted by Crippen LogP contribution is -2.32. The Morgan fingerprint density at radius 3 is 2.69 bits per heavy atom. The highest BCUT2D eigenvalue weighted by Crippen LogP contribution is 2.29. The summed E-state index contributed by atoms with van der Waals surface area (Å²) in [7, 11) is 0. The molecule has 0 spiro atoms. The molecule has 1 aliphatic rings. The Bertz CT molecular complexity index is 947. The number of nitriles is 1. The SMILES string of the molecule is CCOc1cc(C=C(C#N)C(=O)NCC2CCCO2)ccc1OCCOc1ccccc1. The molecule has 1 aliphatic heterocycles. The number of carbonyl (C=O) groups excluding carboxylic acids is 1. The number of hydrogen-bond acceptors (Lipinski definition) is 6. The highest BCUT2D eigenvalue weighted by Gasteiger charge is 2.18. The first-order valence-electron chi connectivity index (χ1n) is 10.8. The molecule has 1 atom stereocenters. The third-order valence-electron chi connectivity index (χ3n) is 4.81. The first kappa shape index (κ1) is 23.2. The van der Waals surface area contributed by atoms with Crippen LogP contribution in [-0.2, 0) is 9.53 Å². The highest BCUT2D eigenvalue weighted by molar-refractivity contribution is 6.01. The Morgan fingerprint density at radius 1 is 1.16 bits per heavy atom. The van der Waals surface area contributed by atoms with E-state index in [1.54, 1.807) is 18.2 Å². The first-order chi connectivity index (χ1) is 15.7. The predicted octanol–water partition coefficient (Wildman–Crippen LogP) is 3.75. The molecule has 1 amide bonds. The fraction of sp³-hybridized carbons (Fsp3) is 0.360. The smallest absolute Gasteiger partial charge is 0.262 e. The lowest BCUT2D eigenvalue weighted by Gasteiger charge is -2.13. The molecule has 168 valence electrons. The van der Waals surface area contributed by atoms with Crippen LogP contribution < -0.4 is 19.5 Å². The minimum atomic E-state index is -0.417. The zero-order valence-electron chi connectivity index (χ0n) is 18.2. The maximum Gasteiger partial charge on any atom is 0.262 e. The molecule has 7 heteroatoms. The molecule has 0 saturated carbocycles. The molecule has 3 rings (SSSR count). The Balaban J connectivity index is 1.60. The maximum atomic E-state index is 12.4. The summed E-state index contributed by atoms with van der Waals surface area (Å²) in [4.78, 5) is 12.4. The maximum absolute atomic E-state index is 12.4. The first-order valence-corrected chi connectivity index (χ1v) is 10.8. The summed E-state index contributed by atoms with van der Waals surface area (Å²) >= 11 is 0. The van der Waals surface area contributed by atoms with Gasteiger partial charge >= 0.3 is 0 Å². The molecule has 2 aromatic rings. The normalized spacial score (nSPS) is 15.6. The van der Waals surface area contributed by atoms with Crippen LogP contribution in [0.25, 0.3) is 6.08 Å². The van der Waals surface area contributed by atoms with Crippen molar-refractivity contribution in [1.82, 2.24) is 5.32 Å². The number of carbonyl (C=O) groups is 1. The average Bonchev–Trinajstić information content (AvgIpc) is 3.34. The predicted molar refractivity (Wildman–Crippen MR) is 121 cm³/mol. The van der Waals surface area contributed by atoms with Gasteiger partial charge in [0, 0.05) is 13.2 Å². The highest BCUT2D eigenvalue weighted by atomic mass is 16.5. The van der Waals surface area contributed by atoms with E-state index < -0.39 is 5.91 Å². The van der Waals surface area contributed by atoms with E-state index in [0.29, 0.717) is 50.0 Å². The van der Waals surface area contributed by atoms with Crippen LogP contribution in [0, 0.1) is 11.3 Å². The van der Waals surface area contributed by atoms with E-state index in [1.807, 2.05) is 43.3 Å². The fourth-order valence-corrected chi connectivity index (χ4v) is 3.25. The van der Waals surface area contributed by atoms with Crippen molar-refractivity contribution in [2.75, 3.05) is 33.0 Å². The largest absolute Gasteiger partial charge is 0.490 e. The van der Waals surface area contributed by atoms with E-state index in [9.17, 15) is 10.1 Å². The Hall–Kier alpha value is -3.50. The van der Waals surface area contributed by atoms with Gasteiger partial charge < -0.3 is 24.3 Å².